The van der Waals surface area contributed by atoms with Crippen LogP contribution in [-0.2, 0) is 43.2 Å². The smallest absolute Gasteiger partial charge is 0.326 e. The third-order valence-electron chi connectivity index (χ3n) is 11.6. The zero-order valence-electron chi connectivity index (χ0n) is 46.7. The molecule has 0 bridgehead atoms. The highest BCUT2D eigenvalue weighted by molar-refractivity contribution is 7.80. The Morgan fingerprint density at radius 3 is 0.938 bits per heavy atom. The molecular weight excluding hydrogens is 1070 g/mol. The van der Waals surface area contributed by atoms with E-state index < -0.39 is 114 Å². The summed E-state index contributed by atoms with van der Waals surface area (Å²) in [6, 6.07) is -12.3. The Labute approximate surface area is 472 Å². The number of nitrogens with one attached hydrogen (secondary N) is 8. The number of guanidine groups is 4. The normalized spacial score (nSPS) is 14.4. The van der Waals surface area contributed by atoms with Crippen LogP contribution in [0.5, 0.6) is 0 Å². The van der Waals surface area contributed by atoms with Crippen LogP contribution in [0.3, 0.4) is 0 Å². The van der Waals surface area contributed by atoms with Gasteiger partial charge in [-0.15, -0.1) is 0 Å². The molecule has 0 aromatic carbocycles. The summed E-state index contributed by atoms with van der Waals surface area (Å²) in [6.45, 7) is 9.62. The minimum atomic E-state index is -1.70. The first-order valence-electron chi connectivity index (χ1n) is 26.3. The van der Waals surface area contributed by atoms with Crippen LogP contribution in [0.4, 0.5) is 0 Å². The lowest BCUT2D eigenvalue weighted by molar-refractivity contribution is -0.143. The van der Waals surface area contributed by atoms with Gasteiger partial charge in [0.25, 0.3) is 0 Å². The van der Waals surface area contributed by atoms with Crippen LogP contribution < -0.4 is 94.1 Å². The quantitative estimate of drug-likeness (QED) is 0.0117. The molecule has 0 saturated heterocycles. The number of aliphatic imine (C=N–C) groups is 4. The van der Waals surface area contributed by atoms with E-state index in [4.69, 9.17) is 51.6 Å². The number of carboxylic acid groups (broad SMARTS) is 1. The molecule has 0 fully saturated rings. The van der Waals surface area contributed by atoms with Crippen molar-refractivity contribution in [2.75, 3.05) is 38.5 Å². The van der Waals surface area contributed by atoms with E-state index in [-0.39, 0.29) is 138 Å². The molecule has 33 heteroatoms. The van der Waals surface area contributed by atoms with Gasteiger partial charge >= 0.3 is 5.97 Å². The Morgan fingerprint density at radius 2 is 0.650 bits per heavy atom. The molecule has 0 saturated carbocycles. The highest BCUT2D eigenvalue weighted by atomic mass is 32.1. The van der Waals surface area contributed by atoms with Crippen molar-refractivity contribution in [3.8, 4) is 0 Å². The summed E-state index contributed by atoms with van der Waals surface area (Å²) in [4.78, 5) is 138. The molecule has 0 unspecified atom stereocenters. The van der Waals surface area contributed by atoms with Crippen LogP contribution in [-0.4, -0.2) is 180 Å². The minimum absolute atomic E-state index is 0.0117. The van der Waals surface area contributed by atoms with Crippen molar-refractivity contribution in [2.45, 2.75) is 160 Å². The van der Waals surface area contributed by atoms with Gasteiger partial charge in [-0.3, -0.25) is 58.3 Å². The molecular formula is C47H91N21O11S. The molecule has 0 spiro atoms. The Bertz CT molecular complexity index is 2130. The van der Waals surface area contributed by atoms with Gasteiger partial charge in [0.1, 0.15) is 48.3 Å². The number of carboxylic acids is 1. The first-order valence-corrected chi connectivity index (χ1v) is 26.9. The van der Waals surface area contributed by atoms with Crippen LogP contribution in [0.25, 0.3) is 0 Å². The lowest BCUT2D eigenvalue weighted by Gasteiger charge is -2.28. The van der Waals surface area contributed by atoms with Crippen molar-refractivity contribution in [1.29, 1.82) is 0 Å². The molecule has 0 aromatic rings. The first kappa shape index (κ1) is 72.6. The molecule has 0 aliphatic heterocycles. The number of hydrogen-bond donors (Lipinski definition) is 20. The summed E-state index contributed by atoms with van der Waals surface area (Å²) in [5, 5.41) is 40.4. The molecule has 9 atom stereocenters. The predicted molar refractivity (Wildman–Crippen MR) is 305 cm³/mol. The predicted octanol–water partition coefficient (Wildman–Crippen LogP) is -6.84. The van der Waals surface area contributed by atoms with Gasteiger partial charge in [-0.2, -0.15) is 12.6 Å². The Hall–Kier alpha value is -7.42. The van der Waals surface area contributed by atoms with Gasteiger partial charge in [0.15, 0.2) is 23.8 Å². The van der Waals surface area contributed by atoms with E-state index in [2.05, 4.69) is 75.1 Å². The standard InChI is InChI=1S/C47H91N21O11S/c1-23(2)19-30(39(74)62-27(12-8-16-58-45(51)52)36(71)66-31(43(78)79)20-24(3)4)65-41(76)33(22-80)68-38(73)28(13-9-17-59-46(53)54)61-35(70)26(11-7-15-57-44(49)50)63-40(75)32(21-69)67-37(72)29(14-10-18-60-47(55)56)64-42(77)34(48)25(5)6/h23-34,69,80H,7-22,48H2,1-6H3,(H,61,70)(H,62,74)(H,63,75)(H,64,77)(H,65,76)(H,66,71)(H,67,72)(H,68,73)(H,78,79)(H4,49,50,57)(H4,51,52,58)(H4,53,54,59)(H4,55,56,60)/t26-,27-,28-,29-,30-,31-,32-,33-,34-/m0/s1. The van der Waals surface area contributed by atoms with Crippen LogP contribution in [0.2, 0.25) is 0 Å². The first-order chi connectivity index (χ1) is 37.4. The third-order valence-corrected chi connectivity index (χ3v) is 12.0. The van der Waals surface area contributed by atoms with Crippen LogP contribution in [0.15, 0.2) is 20.0 Å². The summed E-state index contributed by atoms with van der Waals surface area (Å²) >= 11 is 4.29. The average molecular weight is 1160 g/mol. The maximum Gasteiger partial charge on any atom is 0.326 e. The molecule has 8 amide bonds. The van der Waals surface area contributed by atoms with E-state index in [0.717, 1.165) is 0 Å². The number of nitrogens with zero attached hydrogens (tertiary/aromatic N) is 4. The minimum Gasteiger partial charge on any atom is -0.480 e. The summed E-state index contributed by atoms with van der Waals surface area (Å²) in [5.41, 5.74) is 49.7. The zero-order chi connectivity index (χ0) is 61.2. The van der Waals surface area contributed by atoms with Crippen LogP contribution in [0.1, 0.15) is 106 Å². The second-order valence-electron chi connectivity index (χ2n) is 20.0. The van der Waals surface area contributed by atoms with Crippen LogP contribution >= 0.6 is 12.6 Å². The van der Waals surface area contributed by atoms with E-state index in [1.807, 2.05) is 0 Å². The van der Waals surface area contributed by atoms with Gasteiger partial charge in [-0.1, -0.05) is 41.5 Å². The van der Waals surface area contributed by atoms with E-state index in [0.29, 0.717) is 0 Å². The fourth-order valence-electron chi connectivity index (χ4n) is 7.35. The Kier molecular flexibility index (Phi) is 35.4. The molecule has 0 aliphatic carbocycles. The van der Waals surface area contributed by atoms with Crippen molar-refractivity contribution in [3.05, 3.63) is 0 Å². The number of thiol groups is 1. The number of rotatable bonds is 40. The summed E-state index contributed by atoms with van der Waals surface area (Å²) < 4.78 is 0. The van der Waals surface area contributed by atoms with E-state index in [1.54, 1.807) is 41.5 Å². The third kappa shape index (κ3) is 31.2. The second-order valence-corrected chi connectivity index (χ2v) is 20.4. The van der Waals surface area contributed by atoms with Crippen molar-refractivity contribution in [1.82, 2.24) is 42.5 Å². The summed E-state index contributed by atoms with van der Waals surface area (Å²) in [6.07, 6.45) is 0.289. The van der Waals surface area contributed by atoms with Crippen molar-refractivity contribution in [3.63, 3.8) is 0 Å². The summed E-state index contributed by atoms with van der Waals surface area (Å²) in [5.74, 6) is -10.2. The SMILES string of the molecule is CC(C)C[C@H](NC(=O)[C@H](CCCN=C(N)N)NC(=O)[C@H](CC(C)C)NC(=O)[C@H](CS)NC(=O)[C@H](CCCN=C(N)N)NC(=O)[C@H](CCCN=C(N)N)NC(=O)[C@H](CO)NC(=O)[C@H](CCCN=C(N)N)NC(=O)[C@@H](N)C(C)C)C(=O)O. The van der Waals surface area contributed by atoms with Crippen LogP contribution in [0, 0.1) is 17.8 Å². The van der Waals surface area contributed by atoms with Gasteiger partial charge in [-0.25, -0.2) is 4.79 Å². The van der Waals surface area contributed by atoms with Gasteiger partial charge in [0, 0.05) is 31.9 Å². The number of aliphatic carboxylic acids is 1. The number of amides is 8. The van der Waals surface area contributed by atoms with Gasteiger partial charge in [0.05, 0.1) is 12.6 Å². The lowest BCUT2D eigenvalue weighted by atomic mass is 10.0. The maximum atomic E-state index is 14.2. The van der Waals surface area contributed by atoms with Gasteiger partial charge in [-0.05, 0) is 82.0 Å². The van der Waals surface area contributed by atoms with Crippen molar-refractivity contribution in [2.24, 2.45) is 89.3 Å². The molecule has 0 heterocycles. The molecule has 28 N–H and O–H groups in total. The maximum absolute atomic E-state index is 14.2. The number of aliphatic hydroxyl groups is 1. The number of carbonyl (C=O) groups is 9. The largest absolute Gasteiger partial charge is 0.480 e. The molecule has 32 nitrogen and oxygen atoms in total. The molecule has 0 aliphatic rings. The fourth-order valence-corrected chi connectivity index (χ4v) is 7.61. The topological polar surface area (TPSA) is 574 Å². The number of aliphatic hydroxyl groups excluding tert-OH is 1. The highest BCUT2D eigenvalue weighted by Crippen LogP contribution is 2.12. The van der Waals surface area contributed by atoms with E-state index >= 15 is 0 Å². The van der Waals surface area contributed by atoms with Crippen molar-refractivity contribution >= 4 is 89.7 Å². The number of hydrogen-bond acceptors (Lipinski definition) is 16. The van der Waals surface area contributed by atoms with Crippen molar-refractivity contribution < 1.29 is 53.4 Å². The molecule has 456 valence electrons. The average Bonchev–Trinajstić information content (AvgIpc) is 3.36. The number of carbonyl (C=O) groups excluding carboxylic acids is 8. The van der Waals surface area contributed by atoms with E-state index in [9.17, 15) is 53.4 Å². The lowest BCUT2D eigenvalue weighted by Crippen LogP contribution is -2.61. The highest BCUT2D eigenvalue weighted by Gasteiger charge is 2.35. The zero-order valence-corrected chi connectivity index (χ0v) is 47.6. The molecule has 0 rings (SSSR count). The monoisotopic (exact) mass is 1160 g/mol. The Balaban J connectivity index is 6.86. The number of nitrogens with two attached hydrogens (primary N) is 9. The van der Waals surface area contributed by atoms with Gasteiger partial charge < -0.3 is 104 Å². The fraction of sp³-hybridized carbons (Fsp3) is 0.723. The van der Waals surface area contributed by atoms with Gasteiger partial charge in [0.2, 0.25) is 47.3 Å². The second kappa shape index (κ2) is 39.0. The summed E-state index contributed by atoms with van der Waals surface area (Å²) in [7, 11) is 0. The Morgan fingerprint density at radius 1 is 0.400 bits per heavy atom. The molecule has 0 aromatic heterocycles. The molecule has 0 radical (unpaired) electrons. The molecule has 80 heavy (non-hydrogen) atoms. The van der Waals surface area contributed by atoms with E-state index in [1.165, 1.54) is 0 Å².